The molecule has 0 aliphatic rings. The molecule has 0 aliphatic heterocycles. The van der Waals surface area contributed by atoms with Gasteiger partial charge in [-0.2, -0.15) is 10.2 Å². The standard InChI is InChI=1S/C16H21N3/c1-10-9-11(2)13(4)16(12(10)3)15-6-5-14(7-8-17)18-19-15/h5-6,9H,7-8,17H2,1-4H3. The number of aryl methyl sites for hydroxylation is 2. The Morgan fingerprint density at radius 2 is 1.58 bits per heavy atom. The minimum Gasteiger partial charge on any atom is -0.330 e. The lowest BCUT2D eigenvalue weighted by atomic mass is 9.92. The maximum atomic E-state index is 5.53. The van der Waals surface area contributed by atoms with Crippen LogP contribution in [0.2, 0.25) is 0 Å². The van der Waals surface area contributed by atoms with E-state index in [1.54, 1.807) is 0 Å². The van der Waals surface area contributed by atoms with Crippen LogP contribution >= 0.6 is 0 Å². The Bertz CT molecular complexity index is 560. The van der Waals surface area contributed by atoms with E-state index in [9.17, 15) is 0 Å². The van der Waals surface area contributed by atoms with Crippen LogP contribution < -0.4 is 5.73 Å². The molecule has 1 heterocycles. The fourth-order valence-electron chi connectivity index (χ4n) is 2.38. The van der Waals surface area contributed by atoms with Gasteiger partial charge in [0.05, 0.1) is 11.4 Å². The van der Waals surface area contributed by atoms with E-state index < -0.39 is 0 Å². The fourth-order valence-corrected chi connectivity index (χ4v) is 2.38. The molecule has 0 fully saturated rings. The van der Waals surface area contributed by atoms with E-state index in [2.05, 4.69) is 44.0 Å². The average molecular weight is 255 g/mol. The van der Waals surface area contributed by atoms with Crippen molar-refractivity contribution >= 4 is 0 Å². The quantitative estimate of drug-likeness (QED) is 0.917. The summed E-state index contributed by atoms with van der Waals surface area (Å²) >= 11 is 0. The Kier molecular flexibility index (Phi) is 3.96. The van der Waals surface area contributed by atoms with Gasteiger partial charge in [0.15, 0.2) is 0 Å². The highest BCUT2D eigenvalue weighted by molar-refractivity contribution is 5.70. The van der Waals surface area contributed by atoms with Crippen molar-refractivity contribution in [3.05, 3.63) is 46.1 Å². The van der Waals surface area contributed by atoms with Gasteiger partial charge in [-0.05, 0) is 68.6 Å². The van der Waals surface area contributed by atoms with Crippen LogP contribution in [0.15, 0.2) is 18.2 Å². The molecule has 100 valence electrons. The van der Waals surface area contributed by atoms with Crippen molar-refractivity contribution in [3.63, 3.8) is 0 Å². The van der Waals surface area contributed by atoms with Crippen LogP contribution in [0.1, 0.15) is 27.9 Å². The molecule has 0 aliphatic carbocycles. The molecule has 0 saturated heterocycles. The molecule has 3 nitrogen and oxygen atoms in total. The second-order valence-electron chi connectivity index (χ2n) is 5.08. The van der Waals surface area contributed by atoms with E-state index in [0.717, 1.165) is 17.8 Å². The minimum atomic E-state index is 0.607. The van der Waals surface area contributed by atoms with Crippen molar-refractivity contribution in [2.24, 2.45) is 5.73 Å². The first-order valence-corrected chi connectivity index (χ1v) is 6.65. The zero-order chi connectivity index (χ0) is 14.0. The minimum absolute atomic E-state index is 0.607. The van der Waals surface area contributed by atoms with Gasteiger partial charge in [0.1, 0.15) is 0 Å². The number of benzene rings is 1. The van der Waals surface area contributed by atoms with Crippen LogP contribution in [0, 0.1) is 27.7 Å². The van der Waals surface area contributed by atoms with E-state index in [4.69, 9.17) is 5.73 Å². The number of rotatable bonds is 3. The Morgan fingerprint density at radius 3 is 2.05 bits per heavy atom. The van der Waals surface area contributed by atoms with Gasteiger partial charge in [-0.1, -0.05) is 6.07 Å². The molecule has 0 saturated carbocycles. The Balaban J connectivity index is 2.52. The predicted molar refractivity (Wildman–Crippen MR) is 79.2 cm³/mol. The highest BCUT2D eigenvalue weighted by Gasteiger charge is 2.12. The number of nitrogens with zero attached hydrogens (tertiary/aromatic N) is 2. The SMILES string of the molecule is Cc1cc(C)c(C)c(-c2ccc(CCN)nn2)c1C. The first-order valence-electron chi connectivity index (χ1n) is 6.65. The van der Waals surface area contributed by atoms with Crippen LogP contribution in [0.3, 0.4) is 0 Å². The summed E-state index contributed by atoms with van der Waals surface area (Å²) in [5.41, 5.74) is 13.8. The summed E-state index contributed by atoms with van der Waals surface area (Å²) in [6.07, 6.45) is 0.776. The van der Waals surface area contributed by atoms with Gasteiger partial charge in [-0.15, -0.1) is 0 Å². The van der Waals surface area contributed by atoms with Gasteiger partial charge in [0, 0.05) is 12.0 Å². The van der Waals surface area contributed by atoms with Crippen molar-refractivity contribution in [1.29, 1.82) is 0 Å². The summed E-state index contributed by atoms with van der Waals surface area (Å²) in [5.74, 6) is 0. The van der Waals surface area contributed by atoms with Crippen molar-refractivity contribution in [1.82, 2.24) is 10.2 Å². The molecule has 1 aromatic heterocycles. The lowest BCUT2D eigenvalue weighted by molar-refractivity contribution is 0.869. The van der Waals surface area contributed by atoms with E-state index in [1.165, 1.54) is 27.8 Å². The van der Waals surface area contributed by atoms with Crippen molar-refractivity contribution in [2.45, 2.75) is 34.1 Å². The second-order valence-corrected chi connectivity index (χ2v) is 5.08. The monoisotopic (exact) mass is 255 g/mol. The summed E-state index contributed by atoms with van der Waals surface area (Å²) in [6.45, 7) is 9.18. The van der Waals surface area contributed by atoms with Gasteiger partial charge in [0.25, 0.3) is 0 Å². The highest BCUT2D eigenvalue weighted by Crippen LogP contribution is 2.29. The first kappa shape index (κ1) is 13.7. The van der Waals surface area contributed by atoms with Gasteiger partial charge in [-0.25, -0.2) is 0 Å². The van der Waals surface area contributed by atoms with E-state index in [1.807, 2.05) is 12.1 Å². The molecule has 0 amide bonds. The number of aromatic nitrogens is 2. The molecule has 0 spiro atoms. The molecular formula is C16H21N3. The third-order valence-corrected chi connectivity index (χ3v) is 3.74. The molecule has 1 aromatic carbocycles. The van der Waals surface area contributed by atoms with Crippen LogP contribution in [0.25, 0.3) is 11.3 Å². The van der Waals surface area contributed by atoms with Gasteiger partial charge in [-0.3, -0.25) is 0 Å². The molecule has 2 rings (SSSR count). The highest BCUT2D eigenvalue weighted by atomic mass is 15.1. The number of hydrogen-bond donors (Lipinski definition) is 1. The summed E-state index contributed by atoms with van der Waals surface area (Å²) in [6, 6.07) is 6.29. The average Bonchev–Trinajstić information content (AvgIpc) is 2.39. The molecule has 19 heavy (non-hydrogen) atoms. The van der Waals surface area contributed by atoms with Crippen molar-refractivity contribution in [3.8, 4) is 11.3 Å². The predicted octanol–water partition coefficient (Wildman–Crippen LogP) is 2.88. The lowest BCUT2D eigenvalue weighted by Crippen LogP contribution is -2.06. The van der Waals surface area contributed by atoms with E-state index in [-0.39, 0.29) is 0 Å². The maximum Gasteiger partial charge on any atom is 0.0935 e. The smallest absolute Gasteiger partial charge is 0.0935 e. The molecule has 0 bridgehead atoms. The van der Waals surface area contributed by atoms with Gasteiger partial charge >= 0.3 is 0 Å². The molecule has 2 N–H and O–H groups in total. The van der Waals surface area contributed by atoms with E-state index in [0.29, 0.717) is 6.54 Å². The van der Waals surface area contributed by atoms with E-state index >= 15 is 0 Å². The third-order valence-electron chi connectivity index (χ3n) is 3.74. The summed E-state index contributed by atoms with van der Waals surface area (Å²) < 4.78 is 0. The topological polar surface area (TPSA) is 51.8 Å². The molecular weight excluding hydrogens is 234 g/mol. The zero-order valence-electron chi connectivity index (χ0n) is 12.1. The Hall–Kier alpha value is -1.74. The summed E-state index contributed by atoms with van der Waals surface area (Å²) in [7, 11) is 0. The maximum absolute atomic E-state index is 5.53. The largest absolute Gasteiger partial charge is 0.330 e. The molecule has 2 aromatic rings. The van der Waals surface area contributed by atoms with Crippen LogP contribution in [0.4, 0.5) is 0 Å². The van der Waals surface area contributed by atoms with Crippen LogP contribution in [0.5, 0.6) is 0 Å². The van der Waals surface area contributed by atoms with Gasteiger partial charge < -0.3 is 5.73 Å². The Labute approximate surface area is 114 Å². The summed E-state index contributed by atoms with van der Waals surface area (Å²) in [4.78, 5) is 0. The third kappa shape index (κ3) is 2.66. The first-order chi connectivity index (χ1) is 9.04. The zero-order valence-corrected chi connectivity index (χ0v) is 12.1. The lowest BCUT2D eigenvalue weighted by Gasteiger charge is -2.14. The Morgan fingerprint density at radius 1 is 0.947 bits per heavy atom. The number of nitrogens with two attached hydrogens (primary N) is 1. The fraction of sp³-hybridized carbons (Fsp3) is 0.375. The summed E-state index contributed by atoms with van der Waals surface area (Å²) in [5, 5.41) is 8.62. The second kappa shape index (κ2) is 5.49. The van der Waals surface area contributed by atoms with Crippen molar-refractivity contribution in [2.75, 3.05) is 6.54 Å². The molecule has 3 heteroatoms. The van der Waals surface area contributed by atoms with Gasteiger partial charge in [0.2, 0.25) is 0 Å². The molecule has 0 radical (unpaired) electrons. The van der Waals surface area contributed by atoms with Crippen molar-refractivity contribution < 1.29 is 0 Å². The normalized spacial score (nSPS) is 10.8. The van der Waals surface area contributed by atoms with Crippen LogP contribution in [-0.2, 0) is 6.42 Å². The molecule has 0 unspecified atom stereocenters. The number of hydrogen-bond acceptors (Lipinski definition) is 3. The molecule has 0 atom stereocenters. The van der Waals surface area contributed by atoms with Crippen LogP contribution in [-0.4, -0.2) is 16.7 Å².